The minimum atomic E-state index is -2.64. The lowest BCUT2D eigenvalue weighted by atomic mass is 10.1. The molecule has 0 saturated heterocycles. The van der Waals surface area contributed by atoms with Crippen LogP contribution in [0.25, 0.3) is 0 Å². The third kappa shape index (κ3) is 4.41. The van der Waals surface area contributed by atoms with Crippen LogP contribution in [0, 0.1) is 0 Å². The SMILES string of the molecule is c1ccc(NB(Nc2ccccc2)[Si](c2ccccc2)(c2ccccc2)c2ccccc2)cc1. The molecular formula is C30H27BN2Si. The lowest BCUT2D eigenvalue weighted by Crippen LogP contribution is -2.80. The van der Waals surface area contributed by atoms with Gasteiger partial charge in [-0.05, 0) is 24.3 Å². The third-order valence-electron chi connectivity index (χ3n) is 6.29. The van der Waals surface area contributed by atoms with Crippen LogP contribution < -0.4 is 26.0 Å². The highest BCUT2D eigenvalue weighted by Crippen LogP contribution is 2.18. The van der Waals surface area contributed by atoms with Crippen LogP contribution in [0.1, 0.15) is 0 Å². The number of anilines is 2. The van der Waals surface area contributed by atoms with Gasteiger partial charge in [0.2, 0.25) is 0 Å². The summed E-state index contributed by atoms with van der Waals surface area (Å²) in [6, 6.07) is 54.0. The van der Waals surface area contributed by atoms with E-state index in [1.807, 2.05) is 0 Å². The molecule has 0 aliphatic rings. The molecule has 0 heterocycles. The summed E-state index contributed by atoms with van der Waals surface area (Å²) in [7, 11) is -2.64. The van der Waals surface area contributed by atoms with Crippen LogP contribution in [-0.4, -0.2) is 14.5 Å². The van der Waals surface area contributed by atoms with Crippen molar-refractivity contribution in [2.75, 3.05) is 10.5 Å². The minimum Gasteiger partial charge on any atom is -0.411 e. The molecule has 5 aromatic rings. The van der Waals surface area contributed by atoms with E-state index >= 15 is 0 Å². The average Bonchev–Trinajstić information content (AvgIpc) is 2.92. The summed E-state index contributed by atoms with van der Waals surface area (Å²) in [4.78, 5) is 0. The molecule has 5 aromatic carbocycles. The van der Waals surface area contributed by atoms with Crippen molar-refractivity contribution in [3.63, 3.8) is 0 Å². The van der Waals surface area contributed by atoms with E-state index in [1.54, 1.807) is 0 Å². The zero-order chi connectivity index (χ0) is 23.1. The first-order chi connectivity index (χ1) is 16.9. The molecule has 0 saturated carbocycles. The van der Waals surface area contributed by atoms with Crippen molar-refractivity contribution < 1.29 is 0 Å². The molecule has 0 atom stereocenters. The zero-order valence-electron chi connectivity index (χ0n) is 19.0. The van der Waals surface area contributed by atoms with Crippen molar-refractivity contribution in [1.29, 1.82) is 0 Å². The zero-order valence-corrected chi connectivity index (χ0v) is 20.0. The van der Waals surface area contributed by atoms with Crippen molar-refractivity contribution in [3.8, 4) is 0 Å². The average molecular weight is 454 g/mol. The molecular weight excluding hydrogens is 427 g/mol. The summed E-state index contributed by atoms with van der Waals surface area (Å²) in [5, 5.41) is 11.9. The summed E-state index contributed by atoms with van der Waals surface area (Å²) >= 11 is 0. The maximum absolute atomic E-state index is 3.91. The van der Waals surface area contributed by atoms with Crippen LogP contribution in [0.15, 0.2) is 152 Å². The van der Waals surface area contributed by atoms with Gasteiger partial charge in [0.25, 0.3) is 0 Å². The number of hydrogen-bond acceptors (Lipinski definition) is 2. The molecule has 0 aliphatic carbocycles. The fourth-order valence-corrected chi connectivity index (χ4v) is 9.68. The molecule has 0 unspecified atom stereocenters. The monoisotopic (exact) mass is 454 g/mol. The van der Waals surface area contributed by atoms with E-state index in [2.05, 4.69) is 162 Å². The molecule has 0 bridgehead atoms. The number of hydrogen-bond donors (Lipinski definition) is 2. The van der Waals surface area contributed by atoms with Gasteiger partial charge in [0.05, 0.1) is 0 Å². The van der Waals surface area contributed by atoms with Crippen LogP contribution in [0.2, 0.25) is 0 Å². The topological polar surface area (TPSA) is 24.1 Å². The third-order valence-corrected chi connectivity index (χ3v) is 11.2. The Morgan fingerprint density at radius 2 is 0.618 bits per heavy atom. The molecule has 0 spiro atoms. The van der Waals surface area contributed by atoms with Gasteiger partial charge in [-0.15, -0.1) is 0 Å². The Morgan fingerprint density at radius 1 is 0.353 bits per heavy atom. The quantitative estimate of drug-likeness (QED) is 0.256. The van der Waals surface area contributed by atoms with Crippen molar-refractivity contribution in [1.82, 2.24) is 0 Å². The molecule has 2 N–H and O–H groups in total. The fourth-order valence-electron chi connectivity index (χ4n) is 4.76. The van der Waals surface area contributed by atoms with Gasteiger partial charge in [-0.1, -0.05) is 143 Å². The van der Waals surface area contributed by atoms with Gasteiger partial charge in [-0.25, -0.2) is 0 Å². The lowest BCUT2D eigenvalue weighted by molar-refractivity contribution is 1.61. The van der Waals surface area contributed by atoms with Gasteiger partial charge in [-0.2, -0.15) is 0 Å². The van der Waals surface area contributed by atoms with E-state index in [0.717, 1.165) is 11.4 Å². The van der Waals surface area contributed by atoms with Gasteiger partial charge in [0, 0.05) is 11.4 Å². The number of benzene rings is 5. The normalized spacial score (nSPS) is 10.9. The fraction of sp³-hybridized carbons (Fsp3) is 0. The molecule has 0 radical (unpaired) electrons. The minimum absolute atomic E-state index is 0.0514. The predicted molar refractivity (Wildman–Crippen MR) is 150 cm³/mol. The summed E-state index contributed by atoms with van der Waals surface area (Å²) in [5.74, 6) is 0. The Balaban J connectivity index is 1.79. The second-order valence-electron chi connectivity index (χ2n) is 8.36. The molecule has 0 fully saturated rings. The lowest BCUT2D eigenvalue weighted by Gasteiger charge is -2.39. The molecule has 4 heteroatoms. The van der Waals surface area contributed by atoms with Crippen molar-refractivity contribution in [2.45, 2.75) is 0 Å². The van der Waals surface area contributed by atoms with E-state index in [0.29, 0.717) is 0 Å². The molecule has 0 aromatic heterocycles. The summed E-state index contributed by atoms with van der Waals surface area (Å²) in [5.41, 5.74) is 2.19. The molecule has 164 valence electrons. The van der Waals surface area contributed by atoms with Gasteiger partial charge >= 0.3 is 6.57 Å². The van der Waals surface area contributed by atoms with Crippen molar-refractivity contribution in [2.24, 2.45) is 0 Å². The van der Waals surface area contributed by atoms with Gasteiger partial charge < -0.3 is 10.5 Å². The van der Waals surface area contributed by atoms with Crippen molar-refractivity contribution in [3.05, 3.63) is 152 Å². The largest absolute Gasteiger partial charge is 0.411 e. The van der Waals surface area contributed by atoms with Gasteiger partial charge in [0.1, 0.15) is 0 Å². The Kier molecular flexibility index (Phi) is 6.59. The first-order valence-corrected chi connectivity index (χ1v) is 13.7. The van der Waals surface area contributed by atoms with Crippen LogP contribution in [0.4, 0.5) is 11.4 Å². The molecule has 0 aliphatic heterocycles. The highest BCUT2D eigenvalue weighted by atomic mass is 28.3. The van der Waals surface area contributed by atoms with Crippen molar-refractivity contribution >= 4 is 41.5 Å². The van der Waals surface area contributed by atoms with E-state index in [1.165, 1.54) is 15.6 Å². The van der Waals surface area contributed by atoms with Crippen LogP contribution >= 0.6 is 0 Å². The Bertz CT molecular complexity index is 1150. The second-order valence-corrected chi connectivity index (χ2v) is 12.3. The first kappa shape index (κ1) is 21.8. The number of rotatable bonds is 8. The summed E-state index contributed by atoms with van der Waals surface area (Å²) < 4.78 is 0. The smallest absolute Gasteiger partial charge is 0.367 e. The van der Waals surface area contributed by atoms with E-state index in [4.69, 9.17) is 0 Å². The summed E-state index contributed by atoms with van der Waals surface area (Å²) in [6.45, 7) is -0.0514. The Hall–Kier alpha value is -4.02. The van der Waals surface area contributed by atoms with Crippen LogP contribution in [0.5, 0.6) is 0 Å². The van der Waals surface area contributed by atoms with Crippen LogP contribution in [0.3, 0.4) is 0 Å². The van der Waals surface area contributed by atoms with Gasteiger partial charge in [-0.3, -0.25) is 0 Å². The van der Waals surface area contributed by atoms with E-state index in [9.17, 15) is 0 Å². The summed E-state index contributed by atoms with van der Waals surface area (Å²) in [6.07, 6.45) is 0. The van der Waals surface area contributed by atoms with E-state index in [-0.39, 0.29) is 6.57 Å². The molecule has 0 amide bonds. The molecule has 34 heavy (non-hydrogen) atoms. The number of para-hydroxylation sites is 2. The highest BCUT2D eigenvalue weighted by molar-refractivity contribution is 7.51. The predicted octanol–water partition coefficient (Wildman–Crippen LogP) is 4.95. The first-order valence-electron chi connectivity index (χ1n) is 11.7. The van der Waals surface area contributed by atoms with Crippen LogP contribution in [-0.2, 0) is 0 Å². The Labute approximate surface area is 203 Å². The number of nitrogens with one attached hydrogen (secondary N) is 2. The second kappa shape index (κ2) is 10.3. The molecule has 2 nitrogen and oxygen atoms in total. The maximum Gasteiger partial charge on any atom is 0.367 e. The van der Waals surface area contributed by atoms with Gasteiger partial charge in [0.15, 0.2) is 7.94 Å². The Morgan fingerprint density at radius 3 is 0.912 bits per heavy atom. The highest BCUT2D eigenvalue weighted by Gasteiger charge is 2.51. The molecule has 5 rings (SSSR count). The maximum atomic E-state index is 3.91. The van der Waals surface area contributed by atoms with E-state index < -0.39 is 7.94 Å². The standard InChI is InChI=1S/C30H27BN2Si/c1-6-16-26(17-7-1)32-31(33-27-18-8-2-9-19-27)34(28-20-10-3-11-21-28,29-22-12-4-13-23-29)30-24-14-5-15-25-30/h1-25,32-33H.